The van der Waals surface area contributed by atoms with Crippen LogP contribution in [0.15, 0.2) is 121 Å². The summed E-state index contributed by atoms with van der Waals surface area (Å²) >= 11 is 0. The molecule has 31 heavy (non-hydrogen) atoms. The van der Waals surface area contributed by atoms with E-state index in [2.05, 4.69) is 110 Å². The lowest BCUT2D eigenvalue weighted by atomic mass is 9.97. The van der Waals surface area contributed by atoms with Gasteiger partial charge in [0.2, 0.25) is 0 Å². The largest absolute Gasteiger partial charge is 0.240 e. The first kappa shape index (κ1) is 19.7. The molecule has 3 heteroatoms. The molecule has 0 aliphatic heterocycles. The number of hydrogen-bond acceptors (Lipinski definition) is 1. The van der Waals surface area contributed by atoms with Gasteiger partial charge < -0.3 is 0 Å². The highest BCUT2D eigenvalue weighted by atomic mass is 31.1. The summed E-state index contributed by atoms with van der Waals surface area (Å²) in [4.78, 5) is 0. The smallest absolute Gasteiger partial charge is 0.0893 e. The minimum atomic E-state index is -0.504. The molecule has 2 atom stereocenters. The lowest BCUT2D eigenvalue weighted by molar-refractivity contribution is 0.801. The second kappa shape index (κ2) is 8.88. The van der Waals surface area contributed by atoms with Crippen LogP contribution in [0.3, 0.4) is 0 Å². The standard InChI is InChI=1S/C28H25N2P/c1-22(31(24-14-7-3-8-15-24)25-16-9-4-10-17-25)26-18-11-19-27(26)28-20-21-30(29-28)23-12-5-2-6-13-23/h2-22,26H,1H3/t22-,26-/m1/s1. The van der Waals surface area contributed by atoms with Gasteiger partial charge >= 0.3 is 0 Å². The fourth-order valence-corrected chi connectivity index (χ4v) is 7.14. The van der Waals surface area contributed by atoms with Crippen LogP contribution in [0.25, 0.3) is 11.3 Å². The van der Waals surface area contributed by atoms with Gasteiger partial charge in [-0.15, -0.1) is 0 Å². The maximum absolute atomic E-state index is 4.92. The molecule has 0 saturated heterocycles. The Balaban J connectivity index is 1.48. The van der Waals surface area contributed by atoms with Crippen molar-refractivity contribution in [2.24, 2.45) is 5.92 Å². The number of nitrogens with zero attached hydrogens (tertiary/aromatic N) is 2. The van der Waals surface area contributed by atoms with Crippen LogP contribution >= 0.6 is 7.92 Å². The second-order valence-corrected chi connectivity index (χ2v) is 10.4. The van der Waals surface area contributed by atoms with Crippen molar-refractivity contribution in [2.45, 2.75) is 12.6 Å². The van der Waals surface area contributed by atoms with Crippen molar-refractivity contribution >= 4 is 24.1 Å². The topological polar surface area (TPSA) is 17.8 Å². The zero-order valence-corrected chi connectivity index (χ0v) is 18.4. The van der Waals surface area contributed by atoms with Crippen molar-refractivity contribution in [1.29, 1.82) is 0 Å². The molecule has 1 aromatic heterocycles. The summed E-state index contributed by atoms with van der Waals surface area (Å²) in [5.41, 5.74) is 3.90. The van der Waals surface area contributed by atoms with E-state index in [0.717, 1.165) is 11.4 Å². The monoisotopic (exact) mass is 420 g/mol. The van der Waals surface area contributed by atoms with Gasteiger partial charge in [0, 0.05) is 12.1 Å². The van der Waals surface area contributed by atoms with Gasteiger partial charge in [0.1, 0.15) is 0 Å². The predicted molar refractivity (Wildman–Crippen MR) is 133 cm³/mol. The van der Waals surface area contributed by atoms with E-state index in [-0.39, 0.29) is 0 Å². The summed E-state index contributed by atoms with van der Waals surface area (Å²) in [6.45, 7) is 2.40. The van der Waals surface area contributed by atoms with Crippen LogP contribution in [-0.4, -0.2) is 15.4 Å². The van der Waals surface area contributed by atoms with Crippen LogP contribution in [0.1, 0.15) is 12.6 Å². The van der Waals surface area contributed by atoms with Crippen LogP contribution in [0.5, 0.6) is 0 Å². The zero-order chi connectivity index (χ0) is 21.0. The van der Waals surface area contributed by atoms with Gasteiger partial charge in [-0.2, -0.15) is 5.10 Å². The Morgan fingerprint density at radius 3 is 1.97 bits per heavy atom. The van der Waals surface area contributed by atoms with Crippen LogP contribution in [-0.2, 0) is 0 Å². The Hall–Kier alpha value is -3.22. The van der Waals surface area contributed by atoms with E-state index in [9.17, 15) is 0 Å². The van der Waals surface area contributed by atoms with E-state index >= 15 is 0 Å². The molecule has 0 spiro atoms. The van der Waals surface area contributed by atoms with Crippen molar-refractivity contribution in [3.05, 3.63) is 127 Å². The molecule has 1 aliphatic rings. The number of benzene rings is 3. The summed E-state index contributed by atoms with van der Waals surface area (Å²) in [6.07, 6.45) is 8.84. The number of hydrogen-bond donors (Lipinski definition) is 0. The maximum Gasteiger partial charge on any atom is 0.0893 e. The lowest BCUT2D eigenvalue weighted by Gasteiger charge is -2.30. The minimum absolute atomic E-state index is 0.339. The van der Waals surface area contributed by atoms with Crippen LogP contribution in [0.4, 0.5) is 0 Å². The fourth-order valence-electron chi connectivity index (χ4n) is 4.33. The number of rotatable bonds is 6. The number of aromatic nitrogens is 2. The molecule has 3 aromatic carbocycles. The normalized spacial score (nSPS) is 16.5. The third-order valence-corrected chi connectivity index (χ3v) is 8.70. The summed E-state index contributed by atoms with van der Waals surface area (Å²) in [5, 5.41) is 7.76. The van der Waals surface area contributed by atoms with E-state index in [0.29, 0.717) is 11.6 Å². The Kier molecular flexibility index (Phi) is 5.65. The molecule has 2 nitrogen and oxygen atoms in total. The van der Waals surface area contributed by atoms with E-state index in [1.807, 2.05) is 22.9 Å². The first-order valence-corrected chi connectivity index (χ1v) is 12.1. The fraction of sp³-hybridized carbons (Fsp3) is 0.107. The van der Waals surface area contributed by atoms with Crippen molar-refractivity contribution in [1.82, 2.24) is 9.78 Å². The summed E-state index contributed by atoms with van der Waals surface area (Å²) in [6, 6.07) is 34.4. The van der Waals surface area contributed by atoms with Gasteiger partial charge in [-0.05, 0) is 48.0 Å². The molecular formula is C28H25N2P. The van der Waals surface area contributed by atoms with Gasteiger partial charge in [-0.1, -0.05) is 104 Å². The highest BCUT2D eigenvalue weighted by Gasteiger charge is 2.31. The molecule has 0 saturated carbocycles. The van der Waals surface area contributed by atoms with Crippen molar-refractivity contribution in [2.75, 3.05) is 0 Å². The van der Waals surface area contributed by atoms with Crippen molar-refractivity contribution < 1.29 is 0 Å². The molecule has 4 aromatic rings. The Morgan fingerprint density at radius 1 is 0.774 bits per heavy atom. The number of para-hydroxylation sites is 1. The van der Waals surface area contributed by atoms with Crippen LogP contribution in [0, 0.1) is 5.92 Å². The molecule has 0 unspecified atom stereocenters. The average Bonchev–Trinajstić information content (AvgIpc) is 3.51. The lowest BCUT2D eigenvalue weighted by Crippen LogP contribution is -2.25. The van der Waals surface area contributed by atoms with Crippen LogP contribution in [0.2, 0.25) is 0 Å². The average molecular weight is 420 g/mol. The van der Waals surface area contributed by atoms with Crippen molar-refractivity contribution in [3.63, 3.8) is 0 Å². The summed E-state index contributed by atoms with van der Waals surface area (Å²) in [7, 11) is -0.504. The molecule has 0 N–H and O–H groups in total. The third kappa shape index (κ3) is 4.04. The Morgan fingerprint density at radius 2 is 1.35 bits per heavy atom. The summed E-state index contributed by atoms with van der Waals surface area (Å²) < 4.78 is 1.97. The molecular weight excluding hydrogens is 395 g/mol. The van der Waals surface area contributed by atoms with Gasteiger partial charge in [0.15, 0.2) is 0 Å². The van der Waals surface area contributed by atoms with E-state index in [4.69, 9.17) is 5.10 Å². The van der Waals surface area contributed by atoms with E-state index < -0.39 is 7.92 Å². The van der Waals surface area contributed by atoms with Gasteiger partial charge in [-0.25, -0.2) is 4.68 Å². The van der Waals surface area contributed by atoms with Crippen molar-refractivity contribution in [3.8, 4) is 5.69 Å². The minimum Gasteiger partial charge on any atom is -0.240 e. The van der Waals surface area contributed by atoms with Crippen LogP contribution < -0.4 is 10.6 Å². The first-order chi connectivity index (χ1) is 15.3. The SMILES string of the molecule is C[C@H]([C@H]1C=CC=C1c1ccn(-c2ccccc2)n1)P(c1ccccc1)c1ccccc1. The third-order valence-electron chi connectivity index (χ3n) is 5.85. The molecule has 1 heterocycles. The highest BCUT2D eigenvalue weighted by Crippen LogP contribution is 2.48. The van der Waals surface area contributed by atoms with Gasteiger partial charge in [0.25, 0.3) is 0 Å². The Labute approximate surface area is 185 Å². The first-order valence-electron chi connectivity index (χ1n) is 10.7. The quantitative estimate of drug-likeness (QED) is 0.352. The second-order valence-electron chi connectivity index (χ2n) is 7.80. The highest BCUT2D eigenvalue weighted by molar-refractivity contribution is 7.73. The molecule has 0 amide bonds. The molecule has 0 radical (unpaired) electrons. The number of allylic oxidation sites excluding steroid dienone is 4. The molecule has 152 valence electrons. The van der Waals surface area contributed by atoms with E-state index in [1.54, 1.807) is 0 Å². The van der Waals surface area contributed by atoms with Gasteiger partial charge in [0.05, 0.1) is 11.4 Å². The molecule has 0 bridgehead atoms. The zero-order valence-electron chi connectivity index (χ0n) is 17.5. The predicted octanol–water partition coefficient (Wildman–Crippen LogP) is 5.96. The molecule has 0 fully saturated rings. The maximum atomic E-state index is 4.92. The van der Waals surface area contributed by atoms with E-state index in [1.165, 1.54) is 16.2 Å². The molecule has 5 rings (SSSR count). The van der Waals surface area contributed by atoms with Gasteiger partial charge in [-0.3, -0.25) is 0 Å². The summed E-state index contributed by atoms with van der Waals surface area (Å²) in [5.74, 6) is 0.339. The molecule has 1 aliphatic carbocycles. The Bertz CT molecular complexity index is 1150.